The number of nitrogens with zero attached hydrogens (tertiary/aromatic N) is 3. The predicted octanol–water partition coefficient (Wildman–Crippen LogP) is 2.86. The molecule has 2 heterocycles. The van der Waals surface area contributed by atoms with Crippen LogP contribution in [0, 0.1) is 5.92 Å². The molecule has 0 aliphatic rings. The average molecular weight is 312 g/mol. The Balaban J connectivity index is 1.88. The van der Waals surface area contributed by atoms with Crippen molar-refractivity contribution in [1.29, 1.82) is 0 Å². The van der Waals surface area contributed by atoms with Gasteiger partial charge in [0.2, 0.25) is 0 Å². The van der Waals surface area contributed by atoms with Gasteiger partial charge in [0.15, 0.2) is 0 Å². The summed E-state index contributed by atoms with van der Waals surface area (Å²) in [6, 6.07) is 7.60. The minimum Gasteiger partial charge on any atom is -0.384 e. The zero-order valence-corrected chi connectivity index (χ0v) is 14.0. The third-order valence-corrected chi connectivity index (χ3v) is 3.53. The van der Waals surface area contributed by atoms with Crippen LogP contribution in [0.3, 0.4) is 0 Å². The molecular weight excluding hydrogens is 288 g/mol. The van der Waals surface area contributed by atoms with Crippen molar-refractivity contribution in [3.8, 4) is 0 Å². The maximum absolute atomic E-state index is 12.4. The van der Waals surface area contributed by atoms with Gasteiger partial charge in [-0.15, -0.1) is 0 Å². The Morgan fingerprint density at radius 3 is 2.57 bits per heavy atom. The summed E-state index contributed by atoms with van der Waals surface area (Å²) in [6.45, 7) is 5.84. The molecule has 0 aromatic carbocycles. The third-order valence-electron chi connectivity index (χ3n) is 3.53. The maximum atomic E-state index is 12.4. The molecular formula is C18H24N4O. The van der Waals surface area contributed by atoms with E-state index in [1.165, 1.54) is 5.56 Å². The van der Waals surface area contributed by atoms with Crippen LogP contribution in [0.2, 0.25) is 0 Å². The first-order chi connectivity index (χ1) is 11.1. The molecule has 23 heavy (non-hydrogen) atoms. The number of pyridine rings is 2. The van der Waals surface area contributed by atoms with Crippen LogP contribution in [-0.2, 0) is 6.42 Å². The number of amides is 1. The van der Waals surface area contributed by atoms with Crippen molar-refractivity contribution in [2.45, 2.75) is 20.3 Å². The maximum Gasteiger partial charge on any atom is 0.272 e. The Morgan fingerprint density at radius 2 is 1.96 bits per heavy atom. The molecule has 0 aliphatic carbocycles. The monoisotopic (exact) mass is 312 g/mol. The molecule has 122 valence electrons. The SMILES string of the molecule is CC(C)CNc1ccc(C(=O)N(C)CCc2ccncc2)nc1. The van der Waals surface area contributed by atoms with E-state index in [1.807, 2.05) is 18.2 Å². The Bertz CT molecular complexity index is 611. The van der Waals surface area contributed by atoms with Gasteiger partial charge in [0.1, 0.15) is 5.69 Å². The van der Waals surface area contributed by atoms with Crippen molar-refractivity contribution in [2.75, 3.05) is 25.5 Å². The molecule has 0 saturated carbocycles. The zero-order valence-electron chi connectivity index (χ0n) is 14.0. The van der Waals surface area contributed by atoms with Gasteiger partial charge in [-0.25, -0.2) is 4.98 Å². The summed E-state index contributed by atoms with van der Waals surface area (Å²) < 4.78 is 0. The first-order valence-corrected chi connectivity index (χ1v) is 7.90. The molecule has 0 fully saturated rings. The number of hydrogen-bond donors (Lipinski definition) is 1. The van der Waals surface area contributed by atoms with Crippen LogP contribution in [-0.4, -0.2) is 40.9 Å². The van der Waals surface area contributed by atoms with E-state index in [9.17, 15) is 4.79 Å². The number of aromatic nitrogens is 2. The highest BCUT2D eigenvalue weighted by Gasteiger charge is 2.13. The van der Waals surface area contributed by atoms with Gasteiger partial charge in [0.25, 0.3) is 5.91 Å². The Hall–Kier alpha value is -2.43. The lowest BCUT2D eigenvalue weighted by Gasteiger charge is -2.17. The van der Waals surface area contributed by atoms with Gasteiger partial charge in [-0.2, -0.15) is 0 Å². The largest absolute Gasteiger partial charge is 0.384 e. The molecule has 0 atom stereocenters. The van der Waals surface area contributed by atoms with Crippen LogP contribution in [0.25, 0.3) is 0 Å². The molecule has 2 rings (SSSR count). The summed E-state index contributed by atoms with van der Waals surface area (Å²) in [6.07, 6.45) is 6.05. The first kappa shape index (κ1) is 16.9. The van der Waals surface area contributed by atoms with E-state index in [4.69, 9.17) is 0 Å². The molecule has 1 N–H and O–H groups in total. The van der Waals surface area contributed by atoms with Crippen molar-refractivity contribution in [2.24, 2.45) is 5.92 Å². The molecule has 1 amide bonds. The van der Waals surface area contributed by atoms with Gasteiger partial charge >= 0.3 is 0 Å². The van der Waals surface area contributed by atoms with Gasteiger partial charge < -0.3 is 10.2 Å². The molecule has 5 nitrogen and oxygen atoms in total. The summed E-state index contributed by atoms with van der Waals surface area (Å²) in [4.78, 5) is 22.3. The van der Waals surface area contributed by atoms with Gasteiger partial charge in [-0.3, -0.25) is 9.78 Å². The standard InChI is InChI=1S/C18H24N4O/c1-14(2)12-20-16-4-5-17(21-13-16)18(23)22(3)11-8-15-6-9-19-10-7-15/h4-7,9-10,13-14,20H,8,11-12H2,1-3H3. The Labute approximate surface area is 137 Å². The smallest absolute Gasteiger partial charge is 0.272 e. The predicted molar refractivity (Wildman–Crippen MR) is 92.5 cm³/mol. The first-order valence-electron chi connectivity index (χ1n) is 7.90. The number of hydrogen-bond acceptors (Lipinski definition) is 4. The van der Waals surface area contributed by atoms with Crippen LogP contribution in [0.5, 0.6) is 0 Å². The number of carbonyl (C=O) groups is 1. The minimum atomic E-state index is -0.0607. The van der Waals surface area contributed by atoms with Crippen molar-refractivity contribution in [3.05, 3.63) is 54.1 Å². The number of nitrogens with one attached hydrogen (secondary N) is 1. The second kappa shape index (κ2) is 8.27. The molecule has 0 bridgehead atoms. The Kier molecular flexibility index (Phi) is 6.09. The second-order valence-corrected chi connectivity index (χ2v) is 6.04. The lowest BCUT2D eigenvalue weighted by molar-refractivity contribution is 0.0791. The quantitative estimate of drug-likeness (QED) is 0.854. The molecule has 2 aromatic rings. The van der Waals surface area contributed by atoms with E-state index in [2.05, 4.69) is 29.1 Å². The third kappa shape index (κ3) is 5.36. The van der Waals surface area contributed by atoms with Gasteiger partial charge in [0.05, 0.1) is 11.9 Å². The summed E-state index contributed by atoms with van der Waals surface area (Å²) in [7, 11) is 1.80. The average Bonchev–Trinajstić information content (AvgIpc) is 2.58. The summed E-state index contributed by atoms with van der Waals surface area (Å²) in [5.41, 5.74) is 2.58. The summed E-state index contributed by atoms with van der Waals surface area (Å²) >= 11 is 0. The van der Waals surface area contributed by atoms with Gasteiger partial charge in [0, 0.05) is 32.5 Å². The van der Waals surface area contributed by atoms with Crippen LogP contribution < -0.4 is 5.32 Å². The lowest BCUT2D eigenvalue weighted by Crippen LogP contribution is -2.29. The highest BCUT2D eigenvalue weighted by Crippen LogP contribution is 2.09. The van der Waals surface area contributed by atoms with Crippen molar-refractivity contribution in [3.63, 3.8) is 0 Å². The number of anilines is 1. The van der Waals surface area contributed by atoms with Crippen LogP contribution in [0.15, 0.2) is 42.9 Å². The highest BCUT2D eigenvalue weighted by atomic mass is 16.2. The molecule has 0 unspecified atom stereocenters. The van der Waals surface area contributed by atoms with E-state index in [0.29, 0.717) is 18.2 Å². The van der Waals surface area contributed by atoms with E-state index in [-0.39, 0.29) is 5.91 Å². The number of rotatable bonds is 7. The van der Waals surface area contributed by atoms with Gasteiger partial charge in [-0.05, 0) is 42.2 Å². The van der Waals surface area contributed by atoms with Crippen molar-refractivity contribution >= 4 is 11.6 Å². The van der Waals surface area contributed by atoms with Gasteiger partial charge in [-0.1, -0.05) is 13.8 Å². The lowest BCUT2D eigenvalue weighted by atomic mass is 10.2. The second-order valence-electron chi connectivity index (χ2n) is 6.04. The number of likely N-dealkylation sites (N-methyl/N-ethyl adjacent to an activating group) is 1. The fourth-order valence-electron chi connectivity index (χ4n) is 2.09. The van der Waals surface area contributed by atoms with Crippen molar-refractivity contribution in [1.82, 2.24) is 14.9 Å². The van der Waals surface area contributed by atoms with Crippen molar-refractivity contribution < 1.29 is 4.79 Å². The van der Waals surface area contributed by atoms with E-state index in [0.717, 1.165) is 18.7 Å². The highest BCUT2D eigenvalue weighted by molar-refractivity contribution is 5.92. The molecule has 0 saturated heterocycles. The molecule has 5 heteroatoms. The Morgan fingerprint density at radius 1 is 1.22 bits per heavy atom. The molecule has 0 spiro atoms. The minimum absolute atomic E-state index is 0.0607. The number of carbonyl (C=O) groups excluding carboxylic acids is 1. The van der Waals surface area contributed by atoms with E-state index >= 15 is 0 Å². The normalized spacial score (nSPS) is 10.6. The molecule has 2 aromatic heterocycles. The molecule has 0 aliphatic heterocycles. The van der Waals surface area contributed by atoms with E-state index < -0.39 is 0 Å². The van der Waals surface area contributed by atoms with Crippen LogP contribution >= 0.6 is 0 Å². The summed E-state index contributed by atoms with van der Waals surface area (Å²) in [5, 5.41) is 3.29. The zero-order chi connectivity index (χ0) is 16.7. The van der Waals surface area contributed by atoms with E-state index in [1.54, 1.807) is 36.6 Å². The summed E-state index contributed by atoms with van der Waals surface area (Å²) in [5.74, 6) is 0.505. The van der Waals surface area contributed by atoms with Crippen LogP contribution in [0.4, 0.5) is 5.69 Å². The van der Waals surface area contributed by atoms with Crippen LogP contribution in [0.1, 0.15) is 29.9 Å². The fraction of sp³-hybridized carbons (Fsp3) is 0.389. The molecule has 0 radical (unpaired) electrons. The topological polar surface area (TPSA) is 58.1 Å². The fourth-order valence-corrected chi connectivity index (χ4v) is 2.09.